The number of nitrogens with one attached hydrogen (secondary N) is 2. The Labute approximate surface area is 275 Å². The van der Waals surface area contributed by atoms with Gasteiger partial charge in [-0.05, 0) is 55.0 Å². The molecule has 0 radical (unpaired) electrons. The lowest BCUT2D eigenvalue weighted by molar-refractivity contribution is -0.139. The molecule has 2 aromatic carbocycles. The summed E-state index contributed by atoms with van der Waals surface area (Å²) in [5.41, 5.74) is 1.57. The number of pyridine rings is 1. The monoisotopic (exact) mass is 684 g/mol. The second-order valence-electron chi connectivity index (χ2n) is 12.3. The molecule has 7 rings (SSSR count). The first-order valence-electron chi connectivity index (χ1n) is 14.7. The number of amides is 4. The van der Waals surface area contributed by atoms with E-state index in [9.17, 15) is 32.7 Å². The maximum absolute atomic E-state index is 15.0. The number of imide groups is 2. The van der Waals surface area contributed by atoms with Crippen LogP contribution in [0.1, 0.15) is 41.0 Å². The number of rotatable bonds is 4. The summed E-state index contributed by atoms with van der Waals surface area (Å²) in [6.07, 6.45) is -2.19. The largest absolute Gasteiger partial charge is 0.507 e. The van der Waals surface area contributed by atoms with E-state index in [-0.39, 0.29) is 24.4 Å². The molecule has 3 aromatic rings. The number of halogens is 5. The molecule has 2 aliphatic heterocycles. The lowest BCUT2D eigenvalue weighted by Crippen LogP contribution is -2.53. The van der Waals surface area contributed by atoms with Gasteiger partial charge in [-0.15, -0.1) is 0 Å². The Kier molecular flexibility index (Phi) is 7.18. The summed E-state index contributed by atoms with van der Waals surface area (Å²) in [5.74, 6) is -7.18. The van der Waals surface area contributed by atoms with E-state index in [2.05, 4.69) is 15.7 Å². The highest BCUT2D eigenvalue weighted by molar-refractivity contribution is 6.33. The van der Waals surface area contributed by atoms with Gasteiger partial charge in [-0.3, -0.25) is 29.9 Å². The molecular weight excluding hydrogens is 660 g/mol. The van der Waals surface area contributed by atoms with E-state index >= 15 is 4.79 Å². The van der Waals surface area contributed by atoms with Gasteiger partial charge in [-0.25, -0.2) is 4.98 Å². The zero-order valence-corrected chi connectivity index (χ0v) is 26.0. The number of hydrogen-bond acceptors (Lipinski definition) is 7. The summed E-state index contributed by atoms with van der Waals surface area (Å²) in [4.78, 5) is 59.2. The number of aromatic nitrogens is 1. The Morgan fingerprint density at radius 1 is 1.04 bits per heavy atom. The maximum atomic E-state index is 15.0. The summed E-state index contributed by atoms with van der Waals surface area (Å²) in [5, 5.41) is 14.5. The number of benzene rings is 2. The number of para-hydroxylation sites is 1. The van der Waals surface area contributed by atoms with Crippen LogP contribution in [-0.2, 0) is 30.8 Å². The van der Waals surface area contributed by atoms with Gasteiger partial charge in [-0.1, -0.05) is 65.2 Å². The van der Waals surface area contributed by atoms with Crippen LogP contribution in [-0.4, -0.2) is 38.7 Å². The topological polar surface area (TPSA) is 129 Å². The van der Waals surface area contributed by atoms with Crippen molar-refractivity contribution in [3.63, 3.8) is 0 Å². The minimum Gasteiger partial charge on any atom is -0.507 e. The summed E-state index contributed by atoms with van der Waals surface area (Å²) in [7, 11) is 0. The Hall–Kier alpha value is -4.42. The number of anilines is 1. The van der Waals surface area contributed by atoms with Crippen LogP contribution >= 0.6 is 23.2 Å². The molecule has 1 aromatic heterocycles. The maximum Gasteiger partial charge on any atom is 0.417 e. The molecule has 1 saturated carbocycles. The fraction of sp³-hybridized carbons (Fsp3) is 0.303. The number of aryl methyl sites for hydroxylation is 1. The number of hydrazine groups is 1. The molecule has 2 aliphatic carbocycles. The van der Waals surface area contributed by atoms with E-state index < -0.39 is 75.4 Å². The molecule has 3 fully saturated rings. The van der Waals surface area contributed by atoms with E-state index in [1.54, 1.807) is 49.4 Å². The van der Waals surface area contributed by atoms with E-state index in [0.29, 0.717) is 44.6 Å². The average Bonchev–Trinajstić information content (AvgIpc) is 3.43. The molecule has 6 unspecified atom stereocenters. The average molecular weight is 685 g/mol. The lowest BCUT2D eigenvalue weighted by Gasteiger charge is -2.50. The van der Waals surface area contributed by atoms with E-state index in [0.717, 1.165) is 0 Å². The Morgan fingerprint density at radius 2 is 1.77 bits per heavy atom. The summed E-state index contributed by atoms with van der Waals surface area (Å²) in [6, 6.07) is 12.0. The Morgan fingerprint density at radius 3 is 2.45 bits per heavy atom. The molecule has 3 heterocycles. The number of fused-ring (bicyclic) bond motifs is 4. The first kappa shape index (κ1) is 31.2. The summed E-state index contributed by atoms with van der Waals surface area (Å²) in [6.45, 7) is 1.69. The van der Waals surface area contributed by atoms with Gasteiger partial charge in [0.05, 0.1) is 33.8 Å². The number of aromatic hydroxyl groups is 1. The van der Waals surface area contributed by atoms with Crippen LogP contribution < -0.4 is 10.7 Å². The molecule has 4 amide bonds. The van der Waals surface area contributed by atoms with Crippen LogP contribution in [0.5, 0.6) is 5.75 Å². The van der Waals surface area contributed by atoms with Gasteiger partial charge in [0.2, 0.25) is 11.8 Å². The number of phenolic OH excluding ortho intramolecular Hbond substituents is 1. The van der Waals surface area contributed by atoms with Crippen LogP contribution in [0.25, 0.3) is 0 Å². The van der Waals surface area contributed by atoms with Crippen molar-refractivity contribution in [2.75, 3.05) is 5.43 Å². The zero-order chi connectivity index (χ0) is 33.6. The molecule has 14 heteroatoms. The standard InChI is InChI=1S/C33H25Cl2F3N4O5/c1-14-3-2-4-20(26(14)43)25-18-9-10-19-24(29(45)40-28(19)44)21(18)12-22-30(46)42(31(47)32(22,25)15-5-7-17(34)8-6-15)41-27-23(35)11-16(13-39-27)33(36,37)38/h2-9,11,13,19,21-22,24-25,43H,10,12H2,1H3,(H,39,41)(H,40,44,45). The second-order valence-corrected chi connectivity index (χ2v) is 13.1. The minimum absolute atomic E-state index is 0.0175. The molecule has 2 saturated heterocycles. The lowest BCUT2D eigenvalue weighted by atomic mass is 9.49. The predicted molar refractivity (Wildman–Crippen MR) is 163 cm³/mol. The van der Waals surface area contributed by atoms with Gasteiger partial charge in [0.25, 0.3) is 11.8 Å². The van der Waals surface area contributed by atoms with Crippen LogP contribution in [0.15, 0.2) is 66.4 Å². The van der Waals surface area contributed by atoms with Gasteiger partial charge in [-0.2, -0.15) is 18.2 Å². The van der Waals surface area contributed by atoms with Crippen molar-refractivity contribution in [3.05, 3.63) is 98.7 Å². The third-order valence-electron chi connectivity index (χ3n) is 9.98. The van der Waals surface area contributed by atoms with E-state index in [1.807, 2.05) is 6.08 Å². The number of nitrogens with zero attached hydrogens (tertiary/aromatic N) is 2. The minimum atomic E-state index is -4.74. The highest BCUT2D eigenvalue weighted by Crippen LogP contribution is 2.64. The number of phenols is 1. The molecule has 0 spiro atoms. The van der Waals surface area contributed by atoms with Gasteiger partial charge in [0, 0.05) is 22.7 Å². The number of carbonyl (C=O) groups is 4. The van der Waals surface area contributed by atoms with Crippen LogP contribution in [0.4, 0.5) is 19.0 Å². The Balaban J connectivity index is 1.45. The van der Waals surface area contributed by atoms with Crippen molar-refractivity contribution in [2.24, 2.45) is 23.7 Å². The third kappa shape index (κ3) is 4.56. The Bertz CT molecular complexity index is 1920. The SMILES string of the molecule is Cc1cccc(C2C3=CCC4C(=O)NC(=O)C4C3CC3C(=O)N(Nc4ncc(C(F)(F)F)cc4Cl)C(=O)C32c2ccc(Cl)cc2)c1O. The zero-order valence-electron chi connectivity index (χ0n) is 24.4. The van der Waals surface area contributed by atoms with Gasteiger partial charge >= 0.3 is 6.18 Å². The molecule has 0 bridgehead atoms. The molecule has 47 heavy (non-hydrogen) atoms. The van der Waals surface area contributed by atoms with Gasteiger partial charge in [0.15, 0.2) is 5.82 Å². The second kappa shape index (κ2) is 10.8. The smallest absolute Gasteiger partial charge is 0.417 e. The van der Waals surface area contributed by atoms with Crippen LogP contribution in [0, 0.1) is 30.6 Å². The van der Waals surface area contributed by atoms with Crippen LogP contribution in [0.2, 0.25) is 10.0 Å². The highest BCUT2D eigenvalue weighted by atomic mass is 35.5. The molecule has 242 valence electrons. The molecule has 3 N–H and O–H groups in total. The van der Waals surface area contributed by atoms with E-state index in [1.165, 1.54) is 0 Å². The number of hydrogen-bond donors (Lipinski definition) is 3. The van der Waals surface area contributed by atoms with Crippen LogP contribution in [0.3, 0.4) is 0 Å². The fourth-order valence-corrected chi connectivity index (χ4v) is 8.29. The van der Waals surface area contributed by atoms with Gasteiger partial charge < -0.3 is 5.11 Å². The summed E-state index contributed by atoms with van der Waals surface area (Å²) >= 11 is 12.4. The fourth-order valence-electron chi connectivity index (χ4n) is 7.95. The first-order valence-corrected chi connectivity index (χ1v) is 15.5. The van der Waals surface area contributed by atoms with Crippen molar-refractivity contribution >= 4 is 52.6 Å². The number of alkyl halides is 3. The van der Waals surface area contributed by atoms with Crippen molar-refractivity contribution < 1.29 is 37.5 Å². The van der Waals surface area contributed by atoms with Crippen molar-refractivity contribution in [3.8, 4) is 5.75 Å². The first-order chi connectivity index (χ1) is 22.2. The summed E-state index contributed by atoms with van der Waals surface area (Å²) < 4.78 is 40.0. The highest BCUT2D eigenvalue weighted by Gasteiger charge is 2.70. The third-order valence-corrected chi connectivity index (χ3v) is 10.5. The van der Waals surface area contributed by atoms with Gasteiger partial charge in [0.1, 0.15) is 5.75 Å². The number of carbonyl (C=O) groups excluding carboxylic acids is 4. The quantitative estimate of drug-likeness (QED) is 0.238. The molecule has 9 nitrogen and oxygen atoms in total. The van der Waals surface area contributed by atoms with E-state index in [4.69, 9.17) is 23.2 Å². The van der Waals surface area contributed by atoms with Crippen molar-refractivity contribution in [1.82, 2.24) is 15.3 Å². The normalized spacial score (nSPS) is 28.4. The molecular formula is C33H25Cl2F3N4O5. The van der Waals surface area contributed by atoms with Crippen molar-refractivity contribution in [2.45, 2.75) is 37.3 Å². The van der Waals surface area contributed by atoms with Crippen molar-refractivity contribution in [1.29, 1.82) is 0 Å². The molecule has 4 aliphatic rings. The predicted octanol–water partition coefficient (Wildman–Crippen LogP) is 5.69. The number of allylic oxidation sites excluding steroid dienone is 2. The molecule has 6 atom stereocenters.